The fraction of sp³-hybridized carbons (Fsp3) is 0.900. The van der Waals surface area contributed by atoms with Crippen LogP contribution in [0.25, 0.3) is 0 Å². The molecule has 0 spiro atoms. The monoisotopic (exact) mass is 200 g/mol. The fourth-order valence-corrected chi connectivity index (χ4v) is 1.04. The summed E-state index contributed by atoms with van der Waals surface area (Å²) in [6, 6.07) is 0.690. The molecule has 2 N–H and O–H groups in total. The van der Waals surface area contributed by atoms with Gasteiger partial charge < -0.3 is 15.4 Å². The molecular weight excluding hydrogens is 180 g/mol. The standard InChI is InChI=1S/C10H20N2O2/c1-10(2,3)14-9(13)12-7-6-11-8-4-5-8/h8,11H,4-7H2,1-3H3,(H,12,13). The molecule has 82 valence electrons. The van der Waals surface area contributed by atoms with Crippen LogP contribution in [0.2, 0.25) is 0 Å². The van der Waals surface area contributed by atoms with Crippen molar-refractivity contribution < 1.29 is 9.53 Å². The molecule has 0 aromatic rings. The molecule has 0 radical (unpaired) electrons. The average molecular weight is 200 g/mol. The smallest absolute Gasteiger partial charge is 0.407 e. The molecule has 1 aliphatic carbocycles. The zero-order valence-electron chi connectivity index (χ0n) is 9.22. The Hall–Kier alpha value is -0.770. The van der Waals surface area contributed by atoms with Crippen molar-refractivity contribution in [3.8, 4) is 0 Å². The van der Waals surface area contributed by atoms with Gasteiger partial charge in [0.15, 0.2) is 0 Å². The molecule has 1 amide bonds. The lowest BCUT2D eigenvalue weighted by molar-refractivity contribution is 0.0528. The van der Waals surface area contributed by atoms with Gasteiger partial charge in [0.1, 0.15) is 5.60 Å². The van der Waals surface area contributed by atoms with Gasteiger partial charge in [0.05, 0.1) is 0 Å². The number of carbonyl (C=O) groups is 1. The first-order valence-corrected chi connectivity index (χ1v) is 5.17. The molecule has 1 fully saturated rings. The Labute approximate surface area is 85.4 Å². The number of carbonyl (C=O) groups excluding carboxylic acids is 1. The van der Waals surface area contributed by atoms with Crippen LogP contribution >= 0.6 is 0 Å². The molecule has 0 bridgehead atoms. The van der Waals surface area contributed by atoms with Crippen molar-refractivity contribution in [1.29, 1.82) is 0 Å². The van der Waals surface area contributed by atoms with E-state index in [9.17, 15) is 4.79 Å². The molecule has 1 aliphatic rings. The Balaban J connectivity index is 1.96. The number of nitrogens with one attached hydrogen (secondary N) is 2. The van der Waals surface area contributed by atoms with Gasteiger partial charge in [-0.15, -0.1) is 0 Å². The molecule has 0 atom stereocenters. The largest absolute Gasteiger partial charge is 0.444 e. The van der Waals surface area contributed by atoms with Gasteiger partial charge in [-0.1, -0.05) is 0 Å². The van der Waals surface area contributed by atoms with Crippen LogP contribution in [0.5, 0.6) is 0 Å². The minimum absolute atomic E-state index is 0.338. The molecule has 4 nitrogen and oxygen atoms in total. The molecule has 0 aromatic heterocycles. The quantitative estimate of drug-likeness (QED) is 0.672. The lowest BCUT2D eigenvalue weighted by Crippen LogP contribution is -2.36. The fourth-order valence-electron chi connectivity index (χ4n) is 1.04. The number of rotatable bonds is 4. The average Bonchev–Trinajstić information content (AvgIpc) is 2.77. The third-order valence-electron chi connectivity index (χ3n) is 1.80. The third-order valence-corrected chi connectivity index (χ3v) is 1.80. The van der Waals surface area contributed by atoms with Crippen LogP contribution in [0, 0.1) is 0 Å². The van der Waals surface area contributed by atoms with Gasteiger partial charge in [0.25, 0.3) is 0 Å². The highest BCUT2D eigenvalue weighted by atomic mass is 16.6. The van der Waals surface area contributed by atoms with Crippen LogP contribution < -0.4 is 10.6 Å². The summed E-state index contributed by atoms with van der Waals surface area (Å²) in [7, 11) is 0. The Morgan fingerprint density at radius 2 is 2.00 bits per heavy atom. The van der Waals surface area contributed by atoms with E-state index in [1.54, 1.807) is 0 Å². The second kappa shape index (κ2) is 4.64. The summed E-state index contributed by atoms with van der Waals surface area (Å²) in [6.07, 6.45) is 2.20. The minimum Gasteiger partial charge on any atom is -0.444 e. The Bertz CT molecular complexity index is 195. The highest BCUT2D eigenvalue weighted by molar-refractivity contribution is 5.67. The molecule has 4 heteroatoms. The number of hydrogen-bond acceptors (Lipinski definition) is 3. The predicted octanol–water partition coefficient (Wildman–Crippen LogP) is 1.26. The van der Waals surface area contributed by atoms with Crippen LogP contribution in [0.4, 0.5) is 4.79 Å². The molecule has 14 heavy (non-hydrogen) atoms. The van der Waals surface area contributed by atoms with E-state index in [4.69, 9.17) is 4.74 Å². The number of hydrogen-bond donors (Lipinski definition) is 2. The van der Waals surface area contributed by atoms with E-state index in [0.717, 1.165) is 6.54 Å². The first kappa shape index (κ1) is 11.3. The summed E-state index contributed by atoms with van der Waals surface area (Å²) in [4.78, 5) is 11.2. The van der Waals surface area contributed by atoms with E-state index in [-0.39, 0.29) is 6.09 Å². The number of ether oxygens (including phenoxy) is 1. The highest BCUT2D eigenvalue weighted by Crippen LogP contribution is 2.17. The lowest BCUT2D eigenvalue weighted by Gasteiger charge is -2.19. The van der Waals surface area contributed by atoms with Crippen molar-refractivity contribution in [3.63, 3.8) is 0 Å². The van der Waals surface area contributed by atoms with Crippen LogP contribution in [-0.4, -0.2) is 30.8 Å². The summed E-state index contributed by atoms with van der Waals surface area (Å²) >= 11 is 0. The van der Waals surface area contributed by atoms with E-state index < -0.39 is 5.60 Å². The zero-order valence-corrected chi connectivity index (χ0v) is 9.22. The van der Waals surface area contributed by atoms with Crippen molar-refractivity contribution >= 4 is 6.09 Å². The van der Waals surface area contributed by atoms with Gasteiger partial charge in [0.2, 0.25) is 0 Å². The number of amides is 1. The predicted molar refractivity (Wildman–Crippen MR) is 55.3 cm³/mol. The Kier molecular flexibility index (Phi) is 3.75. The molecule has 1 rings (SSSR count). The van der Waals surface area contributed by atoms with Gasteiger partial charge >= 0.3 is 6.09 Å². The molecule has 1 saturated carbocycles. The second-order valence-corrected chi connectivity index (χ2v) is 4.66. The minimum atomic E-state index is -0.409. The SMILES string of the molecule is CC(C)(C)OC(=O)NCCNC1CC1. The van der Waals surface area contributed by atoms with Gasteiger partial charge in [0, 0.05) is 19.1 Å². The van der Waals surface area contributed by atoms with Gasteiger partial charge in [-0.25, -0.2) is 4.79 Å². The van der Waals surface area contributed by atoms with Gasteiger partial charge in [-0.3, -0.25) is 0 Å². The maximum absolute atomic E-state index is 11.2. The van der Waals surface area contributed by atoms with Crippen molar-refractivity contribution in [1.82, 2.24) is 10.6 Å². The summed E-state index contributed by atoms with van der Waals surface area (Å²) in [5.74, 6) is 0. The number of alkyl carbamates (subject to hydrolysis) is 1. The van der Waals surface area contributed by atoms with E-state index in [1.807, 2.05) is 20.8 Å². The topological polar surface area (TPSA) is 50.4 Å². The first-order chi connectivity index (χ1) is 6.47. The maximum Gasteiger partial charge on any atom is 0.407 e. The van der Waals surface area contributed by atoms with Gasteiger partial charge in [-0.2, -0.15) is 0 Å². The van der Waals surface area contributed by atoms with Crippen molar-refractivity contribution in [2.24, 2.45) is 0 Å². The van der Waals surface area contributed by atoms with E-state index in [0.29, 0.717) is 12.6 Å². The van der Waals surface area contributed by atoms with Gasteiger partial charge in [-0.05, 0) is 33.6 Å². The molecular formula is C10H20N2O2. The Morgan fingerprint density at radius 3 is 2.50 bits per heavy atom. The molecule has 0 aromatic carbocycles. The zero-order chi connectivity index (χ0) is 10.6. The molecule has 0 saturated heterocycles. The normalized spacial score (nSPS) is 16.5. The van der Waals surface area contributed by atoms with Crippen molar-refractivity contribution in [2.75, 3.05) is 13.1 Å². The maximum atomic E-state index is 11.2. The summed E-state index contributed by atoms with van der Waals surface area (Å²) in [6.45, 7) is 7.02. The highest BCUT2D eigenvalue weighted by Gasteiger charge is 2.20. The van der Waals surface area contributed by atoms with Crippen LogP contribution in [0.15, 0.2) is 0 Å². The van der Waals surface area contributed by atoms with Crippen LogP contribution in [-0.2, 0) is 4.74 Å². The summed E-state index contributed by atoms with van der Waals surface area (Å²) in [5.41, 5.74) is -0.409. The molecule has 0 unspecified atom stereocenters. The van der Waals surface area contributed by atoms with Crippen molar-refractivity contribution in [3.05, 3.63) is 0 Å². The first-order valence-electron chi connectivity index (χ1n) is 5.17. The van der Waals surface area contributed by atoms with E-state index in [2.05, 4.69) is 10.6 Å². The third kappa shape index (κ3) is 5.80. The lowest BCUT2D eigenvalue weighted by atomic mass is 10.2. The Morgan fingerprint density at radius 1 is 1.36 bits per heavy atom. The molecule has 0 aliphatic heterocycles. The van der Waals surface area contributed by atoms with E-state index >= 15 is 0 Å². The summed E-state index contributed by atoms with van der Waals surface area (Å²) in [5, 5.41) is 6.00. The molecule has 0 heterocycles. The van der Waals surface area contributed by atoms with E-state index in [1.165, 1.54) is 12.8 Å². The van der Waals surface area contributed by atoms with Crippen LogP contribution in [0.1, 0.15) is 33.6 Å². The van der Waals surface area contributed by atoms with Crippen molar-refractivity contribution in [2.45, 2.75) is 45.3 Å². The summed E-state index contributed by atoms with van der Waals surface area (Å²) < 4.78 is 5.08. The van der Waals surface area contributed by atoms with Crippen LogP contribution in [0.3, 0.4) is 0 Å². The second-order valence-electron chi connectivity index (χ2n) is 4.66.